The summed E-state index contributed by atoms with van der Waals surface area (Å²) >= 11 is 0. The molecule has 76 valence electrons. The van der Waals surface area contributed by atoms with E-state index in [0.717, 1.165) is 6.54 Å². The van der Waals surface area contributed by atoms with Crippen LogP contribution in [0.4, 0.5) is 0 Å². The topological polar surface area (TPSA) is 38.0 Å². The van der Waals surface area contributed by atoms with E-state index in [-0.39, 0.29) is 24.8 Å². The first-order chi connectivity index (χ1) is 5.34. The zero-order valence-electron chi connectivity index (χ0n) is 7.57. The Balaban J connectivity index is 0. The molecule has 1 aromatic rings. The van der Waals surface area contributed by atoms with Crippen molar-refractivity contribution >= 4 is 24.8 Å². The fraction of sp³-hybridized carbons (Fsp3) is 0.333. The maximum atomic E-state index is 5.22. The van der Waals surface area contributed by atoms with Crippen LogP contribution in [-0.4, -0.2) is 6.54 Å². The molecule has 0 spiro atoms. The molecule has 0 aliphatic rings. The predicted octanol–water partition coefficient (Wildman–Crippen LogP) is 2.10. The number of hydrazine groups is 1. The molecular weight excluding hydrogens is 207 g/mol. The van der Waals surface area contributed by atoms with Gasteiger partial charge in [-0.15, -0.1) is 24.8 Å². The van der Waals surface area contributed by atoms with Gasteiger partial charge >= 0.3 is 0 Å². The molecule has 0 aromatic heterocycles. The van der Waals surface area contributed by atoms with Gasteiger partial charge in [0, 0.05) is 6.54 Å². The Hall–Kier alpha value is -0.280. The van der Waals surface area contributed by atoms with Crippen molar-refractivity contribution in [3.63, 3.8) is 0 Å². The normalized spacial score (nSPS) is 10.9. The van der Waals surface area contributed by atoms with Crippen LogP contribution in [0.15, 0.2) is 30.3 Å². The Morgan fingerprint density at radius 1 is 1.23 bits per heavy atom. The molecule has 0 aliphatic heterocycles. The summed E-state index contributed by atoms with van der Waals surface area (Å²) in [5, 5.41) is 0. The van der Waals surface area contributed by atoms with Crippen molar-refractivity contribution in [1.82, 2.24) is 5.43 Å². The highest BCUT2D eigenvalue weighted by Gasteiger charge is 2.01. The Morgan fingerprint density at radius 2 is 1.77 bits per heavy atom. The minimum Gasteiger partial charge on any atom is -0.271 e. The Labute approximate surface area is 91.7 Å². The van der Waals surface area contributed by atoms with Gasteiger partial charge in [0.2, 0.25) is 0 Å². The van der Waals surface area contributed by atoms with E-state index >= 15 is 0 Å². The first kappa shape index (κ1) is 15.2. The molecule has 1 rings (SSSR count). The van der Waals surface area contributed by atoms with Gasteiger partial charge in [0.15, 0.2) is 0 Å². The van der Waals surface area contributed by atoms with E-state index in [1.165, 1.54) is 5.56 Å². The van der Waals surface area contributed by atoms with Crippen molar-refractivity contribution in [1.29, 1.82) is 0 Å². The largest absolute Gasteiger partial charge is 0.271 e. The molecule has 3 N–H and O–H groups in total. The SMILES string of the molecule is CC(CNN)c1ccccc1.Cl.Cl. The minimum absolute atomic E-state index is 0. The van der Waals surface area contributed by atoms with E-state index in [0.29, 0.717) is 5.92 Å². The van der Waals surface area contributed by atoms with Crippen LogP contribution in [0.3, 0.4) is 0 Å². The monoisotopic (exact) mass is 222 g/mol. The summed E-state index contributed by atoms with van der Waals surface area (Å²) in [6.07, 6.45) is 0. The third-order valence-electron chi connectivity index (χ3n) is 1.79. The fourth-order valence-corrected chi connectivity index (χ4v) is 1.08. The summed E-state index contributed by atoms with van der Waals surface area (Å²) < 4.78 is 0. The van der Waals surface area contributed by atoms with Gasteiger partial charge in [0.1, 0.15) is 0 Å². The Morgan fingerprint density at radius 3 is 2.23 bits per heavy atom. The first-order valence-electron chi connectivity index (χ1n) is 3.83. The van der Waals surface area contributed by atoms with Gasteiger partial charge in [-0.3, -0.25) is 11.3 Å². The van der Waals surface area contributed by atoms with Crippen LogP contribution < -0.4 is 11.3 Å². The van der Waals surface area contributed by atoms with E-state index in [1.54, 1.807) is 0 Å². The van der Waals surface area contributed by atoms with Gasteiger partial charge < -0.3 is 0 Å². The highest BCUT2D eigenvalue weighted by atomic mass is 35.5. The van der Waals surface area contributed by atoms with Crippen LogP contribution in [-0.2, 0) is 0 Å². The van der Waals surface area contributed by atoms with Crippen molar-refractivity contribution in [3.8, 4) is 0 Å². The molecule has 0 heterocycles. The summed E-state index contributed by atoms with van der Waals surface area (Å²) in [4.78, 5) is 0. The molecule has 0 amide bonds. The molecule has 0 radical (unpaired) electrons. The Kier molecular flexibility index (Phi) is 9.74. The average molecular weight is 223 g/mol. The summed E-state index contributed by atoms with van der Waals surface area (Å²) in [6, 6.07) is 10.3. The second-order valence-electron chi connectivity index (χ2n) is 2.72. The van der Waals surface area contributed by atoms with Crippen LogP contribution in [0.25, 0.3) is 0 Å². The number of hydrogen-bond donors (Lipinski definition) is 2. The smallest absolute Gasteiger partial charge is 0.0164 e. The molecule has 0 saturated heterocycles. The second-order valence-corrected chi connectivity index (χ2v) is 2.72. The molecule has 4 heteroatoms. The van der Waals surface area contributed by atoms with E-state index < -0.39 is 0 Å². The number of nitrogens with two attached hydrogens (primary N) is 1. The maximum Gasteiger partial charge on any atom is 0.0164 e. The third-order valence-corrected chi connectivity index (χ3v) is 1.79. The van der Waals surface area contributed by atoms with E-state index in [4.69, 9.17) is 5.84 Å². The number of rotatable bonds is 3. The van der Waals surface area contributed by atoms with Crippen LogP contribution in [0, 0.1) is 0 Å². The summed E-state index contributed by atoms with van der Waals surface area (Å²) in [5.41, 5.74) is 3.99. The average Bonchev–Trinajstić information content (AvgIpc) is 2.07. The van der Waals surface area contributed by atoms with E-state index in [9.17, 15) is 0 Å². The number of hydrogen-bond acceptors (Lipinski definition) is 2. The van der Waals surface area contributed by atoms with Crippen LogP contribution in [0.5, 0.6) is 0 Å². The molecule has 1 aromatic carbocycles. The molecule has 0 aliphatic carbocycles. The van der Waals surface area contributed by atoms with Crippen molar-refractivity contribution in [2.75, 3.05) is 6.54 Å². The third kappa shape index (κ3) is 5.11. The second kappa shape index (κ2) is 8.32. The maximum absolute atomic E-state index is 5.22. The highest BCUT2D eigenvalue weighted by Crippen LogP contribution is 2.12. The standard InChI is InChI=1S/C9H14N2.2ClH/c1-8(7-11-10)9-5-3-2-4-6-9;;/h2-6,8,11H,7,10H2,1H3;2*1H. The van der Waals surface area contributed by atoms with Crippen LogP contribution in [0.2, 0.25) is 0 Å². The molecule has 0 bridgehead atoms. The molecule has 0 saturated carbocycles. The van der Waals surface area contributed by atoms with Gasteiger partial charge in [-0.05, 0) is 11.5 Å². The van der Waals surface area contributed by atoms with Crippen LogP contribution in [0.1, 0.15) is 18.4 Å². The van der Waals surface area contributed by atoms with E-state index in [2.05, 4.69) is 24.5 Å². The van der Waals surface area contributed by atoms with Gasteiger partial charge in [0.05, 0.1) is 0 Å². The number of nitrogens with one attached hydrogen (secondary N) is 1. The van der Waals surface area contributed by atoms with Gasteiger partial charge in [-0.1, -0.05) is 37.3 Å². The lowest BCUT2D eigenvalue weighted by atomic mass is 10.0. The molecular formula is C9H16Cl2N2. The lowest BCUT2D eigenvalue weighted by Gasteiger charge is -2.09. The lowest BCUT2D eigenvalue weighted by Crippen LogP contribution is -2.26. The van der Waals surface area contributed by atoms with E-state index in [1.807, 2.05) is 18.2 Å². The van der Waals surface area contributed by atoms with Crippen LogP contribution >= 0.6 is 24.8 Å². The van der Waals surface area contributed by atoms with Crippen molar-refractivity contribution in [2.45, 2.75) is 12.8 Å². The zero-order valence-corrected chi connectivity index (χ0v) is 9.20. The minimum atomic E-state index is 0. The summed E-state index contributed by atoms with van der Waals surface area (Å²) in [7, 11) is 0. The fourth-order valence-electron chi connectivity index (χ4n) is 1.08. The number of halogens is 2. The molecule has 1 unspecified atom stereocenters. The van der Waals surface area contributed by atoms with Gasteiger partial charge in [-0.2, -0.15) is 0 Å². The summed E-state index contributed by atoms with van der Waals surface area (Å²) in [5.74, 6) is 5.70. The molecule has 13 heavy (non-hydrogen) atoms. The predicted molar refractivity (Wildman–Crippen MR) is 61.5 cm³/mol. The molecule has 0 fully saturated rings. The Bertz CT molecular complexity index is 204. The number of benzene rings is 1. The van der Waals surface area contributed by atoms with Gasteiger partial charge in [-0.25, -0.2) is 0 Å². The lowest BCUT2D eigenvalue weighted by molar-refractivity contribution is 0.640. The highest BCUT2D eigenvalue weighted by molar-refractivity contribution is 5.85. The summed E-state index contributed by atoms with van der Waals surface area (Å²) in [6.45, 7) is 2.97. The molecule has 2 nitrogen and oxygen atoms in total. The molecule has 1 atom stereocenters. The van der Waals surface area contributed by atoms with Crippen molar-refractivity contribution < 1.29 is 0 Å². The van der Waals surface area contributed by atoms with Crippen molar-refractivity contribution in [3.05, 3.63) is 35.9 Å². The van der Waals surface area contributed by atoms with Crippen molar-refractivity contribution in [2.24, 2.45) is 5.84 Å². The first-order valence-corrected chi connectivity index (χ1v) is 3.83. The quantitative estimate of drug-likeness (QED) is 0.608. The van der Waals surface area contributed by atoms with Gasteiger partial charge in [0.25, 0.3) is 0 Å². The zero-order chi connectivity index (χ0) is 8.10.